The van der Waals surface area contributed by atoms with Gasteiger partial charge in [-0.3, -0.25) is 9.48 Å². The minimum Gasteiger partial charge on any atom is -0.351 e. The maximum absolute atomic E-state index is 11.6. The van der Waals surface area contributed by atoms with Gasteiger partial charge >= 0.3 is 0 Å². The van der Waals surface area contributed by atoms with Gasteiger partial charge in [-0.2, -0.15) is 5.10 Å². The highest BCUT2D eigenvalue weighted by Crippen LogP contribution is 1.93. The first-order chi connectivity index (χ1) is 8.13. The van der Waals surface area contributed by atoms with Gasteiger partial charge in [0.1, 0.15) is 0 Å². The summed E-state index contributed by atoms with van der Waals surface area (Å²) in [7, 11) is 0. The quantitative estimate of drug-likeness (QED) is 0.680. The summed E-state index contributed by atoms with van der Waals surface area (Å²) in [5.41, 5.74) is 0. The fraction of sp³-hybridized carbons (Fsp3) is 0.500. The second-order valence-corrected chi connectivity index (χ2v) is 4.05. The molecule has 94 valence electrons. The number of aromatic nitrogens is 2. The van der Waals surface area contributed by atoms with Gasteiger partial charge < -0.3 is 10.6 Å². The van der Waals surface area contributed by atoms with E-state index in [2.05, 4.69) is 22.3 Å². The van der Waals surface area contributed by atoms with Crippen molar-refractivity contribution in [2.75, 3.05) is 6.54 Å². The van der Waals surface area contributed by atoms with E-state index in [9.17, 15) is 4.79 Å². The van der Waals surface area contributed by atoms with Crippen molar-refractivity contribution < 1.29 is 4.79 Å². The van der Waals surface area contributed by atoms with E-state index in [4.69, 9.17) is 0 Å². The minimum atomic E-state index is -0.222. The maximum atomic E-state index is 11.6. The van der Waals surface area contributed by atoms with E-state index in [1.54, 1.807) is 12.3 Å². The number of carbonyl (C=O) groups is 1. The summed E-state index contributed by atoms with van der Waals surface area (Å²) in [4.78, 5) is 11.6. The molecule has 5 nitrogen and oxygen atoms in total. The first-order valence-electron chi connectivity index (χ1n) is 5.75. The summed E-state index contributed by atoms with van der Waals surface area (Å²) in [6.45, 7) is 8.67. The molecule has 1 rings (SSSR count). The summed E-state index contributed by atoms with van der Waals surface area (Å²) in [5, 5.41) is 10.1. The van der Waals surface area contributed by atoms with Crippen LogP contribution >= 0.6 is 0 Å². The number of hydrogen-bond acceptors (Lipinski definition) is 3. The molecular weight excluding hydrogens is 216 g/mol. The van der Waals surface area contributed by atoms with Crippen LogP contribution in [-0.2, 0) is 11.3 Å². The van der Waals surface area contributed by atoms with Gasteiger partial charge in [0.25, 0.3) is 0 Å². The fourth-order valence-corrected chi connectivity index (χ4v) is 1.57. The number of rotatable bonds is 7. The Labute approximate surface area is 102 Å². The van der Waals surface area contributed by atoms with Crippen LogP contribution in [-0.4, -0.2) is 34.3 Å². The highest BCUT2D eigenvalue weighted by Gasteiger charge is 2.14. The van der Waals surface area contributed by atoms with Gasteiger partial charge in [-0.15, -0.1) is 6.58 Å². The van der Waals surface area contributed by atoms with Crippen LogP contribution in [0.2, 0.25) is 0 Å². The van der Waals surface area contributed by atoms with Crippen molar-refractivity contribution in [2.45, 2.75) is 32.5 Å². The van der Waals surface area contributed by atoms with Crippen molar-refractivity contribution in [1.82, 2.24) is 20.4 Å². The monoisotopic (exact) mass is 236 g/mol. The van der Waals surface area contributed by atoms with Crippen molar-refractivity contribution >= 4 is 5.91 Å². The second-order valence-electron chi connectivity index (χ2n) is 4.05. The molecule has 0 unspecified atom stereocenters. The summed E-state index contributed by atoms with van der Waals surface area (Å²) in [6, 6.07) is 1.84. The summed E-state index contributed by atoms with van der Waals surface area (Å²) in [6.07, 6.45) is 5.31. The van der Waals surface area contributed by atoms with Crippen molar-refractivity contribution in [3.05, 3.63) is 31.1 Å². The van der Waals surface area contributed by atoms with Crippen molar-refractivity contribution in [3.8, 4) is 0 Å². The maximum Gasteiger partial charge on any atom is 0.237 e. The molecule has 0 spiro atoms. The summed E-state index contributed by atoms with van der Waals surface area (Å²) >= 11 is 0. The van der Waals surface area contributed by atoms with Crippen LogP contribution in [0.15, 0.2) is 31.1 Å². The third kappa shape index (κ3) is 4.82. The van der Waals surface area contributed by atoms with Gasteiger partial charge in [0.15, 0.2) is 0 Å². The Morgan fingerprint density at radius 2 is 2.35 bits per heavy atom. The van der Waals surface area contributed by atoms with E-state index in [1.165, 1.54) is 0 Å². The van der Waals surface area contributed by atoms with E-state index in [0.29, 0.717) is 6.54 Å². The zero-order valence-electron chi connectivity index (χ0n) is 10.4. The van der Waals surface area contributed by atoms with E-state index in [1.807, 2.05) is 30.8 Å². The smallest absolute Gasteiger partial charge is 0.237 e. The molecule has 1 amide bonds. The number of amides is 1. The van der Waals surface area contributed by atoms with Gasteiger partial charge in [-0.25, -0.2) is 0 Å². The molecule has 0 aliphatic carbocycles. The SMILES string of the molecule is C=CCNC(=O)[C@H](C)N[C@@H](C)Cn1cccn1. The predicted molar refractivity (Wildman–Crippen MR) is 67.5 cm³/mol. The number of nitrogens with zero attached hydrogens (tertiary/aromatic N) is 2. The second kappa shape index (κ2) is 6.85. The number of hydrogen-bond donors (Lipinski definition) is 2. The molecule has 0 saturated heterocycles. The lowest BCUT2D eigenvalue weighted by molar-refractivity contribution is -0.122. The average Bonchev–Trinajstić information content (AvgIpc) is 2.78. The number of carbonyl (C=O) groups excluding carboxylic acids is 1. The Morgan fingerprint density at radius 1 is 1.59 bits per heavy atom. The third-order valence-corrected chi connectivity index (χ3v) is 2.37. The Morgan fingerprint density at radius 3 is 2.94 bits per heavy atom. The average molecular weight is 236 g/mol. The van der Waals surface area contributed by atoms with Crippen LogP contribution in [0.4, 0.5) is 0 Å². The molecule has 2 N–H and O–H groups in total. The van der Waals surface area contributed by atoms with Gasteiger partial charge in [0.2, 0.25) is 5.91 Å². The molecule has 0 aliphatic rings. The van der Waals surface area contributed by atoms with Crippen molar-refractivity contribution in [2.24, 2.45) is 0 Å². The largest absolute Gasteiger partial charge is 0.351 e. The zero-order valence-corrected chi connectivity index (χ0v) is 10.4. The molecule has 1 aromatic heterocycles. The lowest BCUT2D eigenvalue weighted by Crippen LogP contribution is -2.46. The third-order valence-electron chi connectivity index (χ3n) is 2.37. The predicted octanol–water partition coefficient (Wildman–Crippen LogP) is 0.552. The Balaban J connectivity index is 2.32. The van der Waals surface area contributed by atoms with E-state index in [0.717, 1.165) is 6.54 Å². The Hall–Kier alpha value is -1.62. The molecule has 17 heavy (non-hydrogen) atoms. The summed E-state index contributed by atoms with van der Waals surface area (Å²) in [5.74, 6) is -0.0165. The zero-order chi connectivity index (χ0) is 12.7. The van der Waals surface area contributed by atoms with E-state index in [-0.39, 0.29) is 18.0 Å². The molecular formula is C12H20N4O. The first-order valence-corrected chi connectivity index (χ1v) is 5.75. The molecule has 0 radical (unpaired) electrons. The van der Waals surface area contributed by atoms with Gasteiger partial charge in [0.05, 0.1) is 12.6 Å². The molecule has 2 atom stereocenters. The number of nitrogens with one attached hydrogen (secondary N) is 2. The van der Waals surface area contributed by atoms with Crippen molar-refractivity contribution in [1.29, 1.82) is 0 Å². The molecule has 0 aromatic carbocycles. The van der Waals surface area contributed by atoms with Gasteiger partial charge in [0, 0.05) is 25.0 Å². The topological polar surface area (TPSA) is 59.0 Å². The van der Waals surface area contributed by atoms with Gasteiger partial charge in [-0.05, 0) is 19.9 Å². The molecule has 1 aromatic rings. The molecule has 1 heterocycles. The van der Waals surface area contributed by atoms with Crippen LogP contribution in [0.5, 0.6) is 0 Å². The molecule has 0 fully saturated rings. The Bertz CT molecular complexity index is 347. The van der Waals surface area contributed by atoms with Crippen LogP contribution in [0.3, 0.4) is 0 Å². The van der Waals surface area contributed by atoms with E-state index < -0.39 is 0 Å². The van der Waals surface area contributed by atoms with Crippen LogP contribution in [0.25, 0.3) is 0 Å². The fourth-order valence-electron chi connectivity index (χ4n) is 1.57. The molecule has 0 bridgehead atoms. The molecule has 0 saturated carbocycles. The van der Waals surface area contributed by atoms with Crippen LogP contribution < -0.4 is 10.6 Å². The van der Waals surface area contributed by atoms with Gasteiger partial charge in [-0.1, -0.05) is 6.08 Å². The standard InChI is InChI=1S/C12H20N4O/c1-4-6-13-12(17)11(3)15-10(2)9-16-8-5-7-14-16/h4-5,7-8,10-11,15H,1,6,9H2,2-3H3,(H,13,17)/t10-,11-/m0/s1. The first kappa shape index (κ1) is 13.4. The minimum absolute atomic E-state index is 0.0165. The lowest BCUT2D eigenvalue weighted by atomic mass is 10.2. The van der Waals surface area contributed by atoms with Crippen LogP contribution in [0.1, 0.15) is 13.8 Å². The molecule has 0 aliphatic heterocycles. The Kier molecular flexibility index (Phi) is 5.42. The van der Waals surface area contributed by atoms with E-state index >= 15 is 0 Å². The lowest BCUT2D eigenvalue weighted by Gasteiger charge is -2.19. The van der Waals surface area contributed by atoms with Crippen LogP contribution in [0, 0.1) is 0 Å². The van der Waals surface area contributed by atoms with Crippen molar-refractivity contribution in [3.63, 3.8) is 0 Å². The highest BCUT2D eigenvalue weighted by molar-refractivity contribution is 5.81. The summed E-state index contributed by atoms with van der Waals surface area (Å²) < 4.78 is 1.84. The highest BCUT2D eigenvalue weighted by atomic mass is 16.2. The normalized spacial score (nSPS) is 14.0. The molecule has 5 heteroatoms.